The predicted octanol–water partition coefficient (Wildman–Crippen LogP) is 4.26. The van der Waals surface area contributed by atoms with Crippen molar-refractivity contribution in [1.82, 2.24) is 10.3 Å². The highest BCUT2D eigenvalue weighted by atomic mass is 35.5. The highest BCUT2D eigenvalue weighted by Gasteiger charge is 2.24. The number of halogens is 1. The molecule has 1 aliphatic carbocycles. The predicted molar refractivity (Wildman–Crippen MR) is 101 cm³/mol. The fraction of sp³-hybridized carbons (Fsp3) is 0.368. The number of pyridine rings is 1. The summed E-state index contributed by atoms with van der Waals surface area (Å²) in [6.45, 7) is 0. The van der Waals surface area contributed by atoms with Crippen LogP contribution in [0.1, 0.15) is 25.7 Å². The molecule has 2 amide bonds. The van der Waals surface area contributed by atoms with Crippen LogP contribution in [0.5, 0.6) is 11.6 Å². The van der Waals surface area contributed by atoms with Gasteiger partial charge in [0.15, 0.2) is 0 Å². The number of nitrogens with one attached hydrogen (secondary N) is 2. The second-order valence-corrected chi connectivity index (χ2v) is 6.67. The van der Waals surface area contributed by atoms with Gasteiger partial charge in [-0.25, -0.2) is 9.78 Å². The van der Waals surface area contributed by atoms with Crippen LogP contribution < -0.4 is 20.1 Å². The van der Waals surface area contributed by atoms with E-state index in [1.807, 2.05) is 24.3 Å². The monoisotopic (exact) mass is 375 g/mol. The molecule has 138 valence electrons. The third-order valence-corrected chi connectivity index (χ3v) is 4.57. The molecular weight excluding hydrogens is 354 g/mol. The molecule has 1 heterocycles. The van der Waals surface area contributed by atoms with E-state index < -0.39 is 0 Å². The number of benzene rings is 1. The Bertz CT molecular complexity index is 714. The first kappa shape index (κ1) is 18.3. The Hall–Kier alpha value is -2.47. The number of aromatic nitrogens is 1. The lowest BCUT2D eigenvalue weighted by atomic mass is 9.93. The van der Waals surface area contributed by atoms with Crippen molar-refractivity contribution in [1.29, 1.82) is 0 Å². The van der Waals surface area contributed by atoms with Gasteiger partial charge in [-0.2, -0.15) is 0 Å². The van der Waals surface area contributed by atoms with Gasteiger partial charge >= 0.3 is 6.03 Å². The first-order valence-corrected chi connectivity index (χ1v) is 9.00. The Labute approximate surface area is 157 Å². The van der Waals surface area contributed by atoms with Crippen LogP contribution in [-0.4, -0.2) is 30.3 Å². The third-order valence-electron chi connectivity index (χ3n) is 4.34. The number of carbonyl (C=O) groups excluding carboxylic acids is 1. The summed E-state index contributed by atoms with van der Waals surface area (Å²) in [7, 11) is 1.61. The molecule has 0 aliphatic heterocycles. The number of urea groups is 1. The van der Waals surface area contributed by atoms with Crippen molar-refractivity contribution in [2.75, 3.05) is 12.4 Å². The van der Waals surface area contributed by atoms with E-state index in [-0.39, 0.29) is 18.2 Å². The van der Waals surface area contributed by atoms with Gasteiger partial charge in [0, 0.05) is 24.0 Å². The van der Waals surface area contributed by atoms with E-state index >= 15 is 0 Å². The lowest BCUT2D eigenvalue weighted by Gasteiger charge is -2.29. The zero-order valence-corrected chi connectivity index (χ0v) is 15.3. The molecular formula is C19H22ClN3O3. The summed E-state index contributed by atoms with van der Waals surface area (Å²) >= 11 is 5.82. The Morgan fingerprint density at radius 1 is 1.12 bits per heavy atom. The van der Waals surface area contributed by atoms with Gasteiger partial charge in [-0.3, -0.25) is 0 Å². The third kappa shape index (κ3) is 5.26. The van der Waals surface area contributed by atoms with Gasteiger partial charge in [-0.1, -0.05) is 11.6 Å². The number of anilines is 1. The summed E-state index contributed by atoms with van der Waals surface area (Å²) in [5.74, 6) is 1.34. The molecule has 0 saturated heterocycles. The number of hydrogen-bond donors (Lipinski definition) is 2. The molecule has 2 N–H and O–H groups in total. The Balaban J connectivity index is 1.41. The first-order valence-electron chi connectivity index (χ1n) is 8.62. The lowest BCUT2D eigenvalue weighted by Crippen LogP contribution is -2.41. The molecule has 0 bridgehead atoms. The Kier molecular flexibility index (Phi) is 6.17. The number of nitrogens with zero attached hydrogens (tertiary/aromatic N) is 1. The number of rotatable bonds is 5. The molecule has 1 fully saturated rings. The molecule has 0 spiro atoms. The quantitative estimate of drug-likeness (QED) is 0.819. The maximum absolute atomic E-state index is 12.1. The molecule has 1 aliphatic rings. The topological polar surface area (TPSA) is 72.5 Å². The van der Waals surface area contributed by atoms with Gasteiger partial charge < -0.3 is 20.1 Å². The fourth-order valence-corrected chi connectivity index (χ4v) is 3.07. The van der Waals surface area contributed by atoms with Crippen molar-refractivity contribution in [3.05, 3.63) is 47.6 Å². The highest BCUT2D eigenvalue weighted by Crippen LogP contribution is 2.23. The molecule has 3 rings (SSSR count). The summed E-state index contributed by atoms with van der Waals surface area (Å²) in [6.07, 6.45) is 5.18. The highest BCUT2D eigenvalue weighted by molar-refractivity contribution is 6.30. The van der Waals surface area contributed by atoms with E-state index in [1.165, 1.54) is 0 Å². The molecule has 1 saturated carbocycles. The summed E-state index contributed by atoms with van der Waals surface area (Å²) in [5.41, 5.74) is 0.731. The molecule has 0 unspecified atom stereocenters. The van der Waals surface area contributed by atoms with Gasteiger partial charge in [0.1, 0.15) is 11.9 Å². The van der Waals surface area contributed by atoms with Crippen molar-refractivity contribution < 1.29 is 14.3 Å². The second-order valence-electron chi connectivity index (χ2n) is 6.23. The fourth-order valence-electron chi connectivity index (χ4n) is 2.95. The van der Waals surface area contributed by atoms with E-state index in [4.69, 9.17) is 21.1 Å². The maximum Gasteiger partial charge on any atom is 0.319 e. The van der Waals surface area contributed by atoms with Gasteiger partial charge in [0.2, 0.25) is 5.88 Å². The summed E-state index contributed by atoms with van der Waals surface area (Å²) in [6, 6.07) is 10.7. The van der Waals surface area contributed by atoms with Gasteiger partial charge in [-0.15, -0.1) is 0 Å². The number of methoxy groups -OCH3 is 1. The van der Waals surface area contributed by atoms with Crippen molar-refractivity contribution >= 4 is 23.3 Å². The standard InChI is InChI=1S/C19H22ClN3O3/c1-25-16-7-3-14(4-8-16)22-19(24)23-15-5-9-17(10-6-15)26-18-11-2-13(20)12-21-18/h2-4,7-8,11-12,15,17H,5-6,9-10H2,1H3,(H2,22,23,24). The minimum absolute atomic E-state index is 0.117. The van der Waals surface area contributed by atoms with Crippen LogP contribution in [-0.2, 0) is 0 Å². The van der Waals surface area contributed by atoms with Crippen LogP contribution in [0.3, 0.4) is 0 Å². The van der Waals surface area contributed by atoms with E-state index in [9.17, 15) is 4.79 Å². The number of amides is 2. The molecule has 6 nitrogen and oxygen atoms in total. The molecule has 7 heteroatoms. The smallest absolute Gasteiger partial charge is 0.319 e. The van der Waals surface area contributed by atoms with Crippen LogP contribution in [0.2, 0.25) is 5.02 Å². The van der Waals surface area contributed by atoms with Gasteiger partial charge in [-0.05, 0) is 56.0 Å². The average molecular weight is 376 g/mol. The van der Waals surface area contributed by atoms with Crippen LogP contribution in [0.4, 0.5) is 10.5 Å². The zero-order valence-electron chi connectivity index (χ0n) is 14.6. The molecule has 1 aromatic carbocycles. The van der Waals surface area contributed by atoms with E-state index in [0.29, 0.717) is 10.9 Å². The SMILES string of the molecule is COc1ccc(NC(=O)NC2CCC(Oc3ccc(Cl)cn3)CC2)cc1. The Morgan fingerprint density at radius 2 is 1.85 bits per heavy atom. The minimum atomic E-state index is -0.195. The molecule has 0 radical (unpaired) electrons. The molecule has 1 aromatic heterocycles. The van der Waals surface area contributed by atoms with Crippen LogP contribution >= 0.6 is 11.6 Å². The maximum atomic E-state index is 12.1. The van der Waals surface area contributed by atoms with Crippen molar-refractivity contribution in [2.45, 2.75) is 37.8 Å². The summed E-state index contributed by atoms with van der Waals surface area (Å²) in [5, 5.41) is 6.45. The van der Waals surface area contributed by atoms with Crippen LogP contribution in [0, 0.1) is 0 Å². The summed E-state index contributed by atoms with van der Waals surface area (Å²) < 4.78 is 11.0. The van der Waals surface area contributed by atoms with E-state index in [2.05, 4.69) is 15.6 Å². The van der Waals surface area contributed by atoms with E-state index in [1.54, 1.807) is 25.4 Å². The van der Waals surface area contributed by atoms with Gasteiger partial charge in [0.05, 0.1) is 12.1 Å². The normalized spacial score (nSPS) is 19.5. The minimum Gasteiger partial charge on any atom is -0.497 e. The largest absolute Gasteiger partial charge is 0.497 e. The van der Waals surface area contributed by atoms with Crippen molar-refractivity contribution in [3.8, 4) is 11.6 Å². The number of hydrogen-bond acceptors (Lipinski definition) is 4. The lowest BCUT2D eigenvalue weighted by molar-refractivity contribution is 0.135. The van der Waals surface area contributed by atoms with Gasteiger partial charge in [0.25, 0.3) is 0 Å². The van der Waals surface area contributed by atoms with Crippen LogP contribution in [0.15, 0.2) is 42.6 Å². The number of carbonyl (C=O) groups is 1. The number of ether oxygens (including phenoxy) is 2. The van der Waals surface area contributed by atoms with Crippen molar-refractivity contribution in [2.24, 2.45) is 0 Å². The molecule has 0 atom stereocenters. The van der Waals surface area contributed by atoms with Crippen molar-refractivity contribution in [3.63, 3.8) is 0 Å². The second kappa shape index (κ2) is 8.76. The Morgan fingerprint density at radius 3 is 2.46 bits per heavy atom. The average Bonchev–Trinajstić information content (AvgIpc) is 2.66. The van der Waals surface area contributed by atoms with E-state index in [0.717, 1.165) is 37.1 Å². The molecule has 2 aromatic rings. The summed E-state index contributed by atoms with van der Waals surface area (Å²) in [4.78, 5) is 16.3. The van der Waals surface area contributed by atoms with Crippen LogP contribution in [0.25, 0.3) is 0 Å². The zero-order chi connectivity index (χ0) is 18.4. The first-order chi connectivity index (χ1) is 12.6. The molecule has 26 heavy (non-hydrogen) atoms.